The molecule has 0 spiro atoms. The Hall–Kier alpha value is -1.38. The molecule has 0 bridgehead atoms. The van der Waals surface area contributed by atoms with E-state index in [1.165, 1.54) is 6.07 Å². The van der Waals surface area contributed by atoms with Gasteiger partial charge >= 0.3 is 5.97 Å². The Morgan fingerprint density at radius 2 is 2.00 bits per heavy atom. The first-order valence-corrected chi connectivity index (χ1v) is 7.58. The second-order valence-corrected chi connectivity index (χ2v) is 4.62. The zero-order chi connectivity index (χ0) is 16.2. The molecule has 5 nitrogen and oxygen atoms in total. The zero-order valence-corrected chi connectivity index (χ0v) is 15.9. The highest BCUT2D eigenvalue weighted by molar-refractivity contribution is 14.0. The lowest BCUT2D eigenvalue weighted by atomic mass is 10.2. The predicted molar refractivity (Wildman–Crippen MR) is 101 cm³/mol. The second kappa shape index (κ2) is 13.1. The Balaban J connectivity index is 0.00000484. The third-order valence-electron chi connectivity index (χ3n) is 2.87. The molecule has 0 aliphatic carbocycles. The Kier molecular flexibility index (Phi) is 12.3. The molecule has 1 aromatic rings. The molecule has 7 heteroatoms. The van der Waals surface area contributed by atoms with Crippen molar-refractivity contribution in [3.8, 4) is 0 Å². The van der Waals surface area contributed by atoms with Gasteiger partial charge in [-0.1, -0.05) is 18.2 Å². The maximum absolute atomic E-state index is 13.5. The number of aliphatic imine (C=N–C) groups is 1. The first kappa shape index (κ1) is 21.6. The molecule has 0 heterocycles. The Morgan fingerprint density at radius 3 is 2.65 bits per heavy atom. The van der Waals surface area contributed by atoms with Crippen molar-refractivity contribution < 1.29 is 13.9 Å². The summed E-state index contributed by atoms with van der Waals surface area (Å²) in [6, 6.07) is 6.57. The van der Waals surface area contributed by atoms with Crippen LogP contribution in [0.25, 0.3) is 0 Å². The molecule has 0 saturated carbocycles. The number of carbonyl (C=O) groups excluding carboxylic acids is 1. The van der Waals surface area contributed by atoms with E-state index in [1.54, 1.807) is 25.1 Å². The molecule has 0 unspecified atom stereocenters. The van der Waals surface area contributed by atoms with Crippen molar-refractivity contribution in [2.75, 3.05) is 19.7 Å². The number of nitrogens with one attached hydrogen (secondary N) is 2. The second-order valence-electron chi connectivity index (χ2n) is 4.62. The molecule has 2 N–H and O–H groups in total. The number of hydrogen-bond donors (Lipinski definition) is 2. The van der Waals surface area contributed by atoms with Gasteiger partial charge in [-0.15, -0.1) is 24.0 Å². The van der Waals surface area contributed by atoms with E-state index in [0.717, 1.165) is 0 Å². The average Bonchev–Trinajstić information content (AvgIpc) is 2.50. The predicted octanol–water partition coefficient (Wildman–Crippen LogP) is 2.84. The lowest BCUT2D eigenvalue weighted by Crippen LogP contribution is -2.37. The van der Waals surface area contributed by atoms with E-state index >= 15 is 0 Å². The molecule has 0 aliphatic rings. The number of benzene rings is 1. The highest BCUT2D eigenvalue weighted by Gasteiger charge is 2.03. The van der Waals surface area contributed by atoms with Crippen molar-refractivity contribution in [2.24, 2.45) is 4.99 Å². The lowest BCUT2D eigenvalue weighted by molar-refractivity contribution is -0.143. The van der Waals surface area contributed by atoms with Gasteiger partial charge in [0.2, 0.25) is 0 Å². The van der Waals surface area contributed by atoms with Crippen LogP contribution in [0.15, 0.2) is 29.3 Å². The van der Waals surface area contributed by atoms with Gasteiger partial charge in [0.15, 0.2) is 5.96 Å². The van der Waals surface area contributed by atoms with E-state index in [1.807, 2.05) is 6.92 Å². The minimum Gasteiger partial charge on any atom is -0.466 e. The van der Waals surface area contributed by atoms with Gasteiger partial charge in [0.1, 0.15) is 5.82 Å². The molecule has 0 radical (unpaired) electrons. The molecule has 0 atom stereocenters. The normalized spacial score (nSPS) is 10.7. The van der Waals surface area contributed by atoms with Gasteiger partial charge in [0.05, 0.1) is 13.2 Å². The van der Waals surface area contributed by atoms with E-state index in [-0.39, 0.29) is 42.3 Å². The number of nitrogens with zero attached hydrogens (tertiary/aromatic N) is 1. The Labute approximate surface area is 154 Å². The van der Waals surface area contributed by atoms with Crippen molar-refractivity contribution in [2.45, 2.75) is 33.2 Å². The number of ether oxygens (including phenoxy) is 1. The van der Waals surface area contributed by atoms with Crippen LogP contribution in [0.4, 0.5) is 4.39 Å². The van der Waals surface area contributed by atoms with Crippen molar-refractivity contribution in [1.29, 1.82) is 0 Å². The fourth-order valence-electron chi connectivity index (χ4n) is 1.81. The minimum atomic E-state index is -0.260. The first-order valence-electron chi connectivity index (χ1n) is 7.58. The van der Waals surface area contributed by atoms with Crippen molar-refractivity contribution in [3.05, 3.63) is 35.6 Å². The topological polar surface area (TPSA) is 62.7 Å². The maximum Gasteiger partial charge on any atom is 0.305 e. The minimum absolute atomic E-state index is 0. The van der Waals surface area contributed by atoms with Crippen molar-refractivity contribution in [1.82, 2.24) is 10.6 Å². The van der Waals surface area contributed by atoms with E-state index < -0.39 is 0 Å². The van der Waals surface area contributed by atoms with Gasteiger partial charge in [-0.25, -0.2) is 9.38 Å². The Morgan fingerprint density at radius 1 is 1.26 bits per heavy atom. The first-order chi connectivity index (χ1) is 10.7. The van der Waals surface area contributed by atoms with Crippen LogP contribution in [0.2, 0.25) is 0 Å². The number of carbonyl (C=O) groups is 1. The van der Waals surface area contributed by atoms with Crippen molar-refractivity contribution >= 4 is 35.9 Å². The van der Waals surface area contributed by atoms with Crippen LogP contribution in [0.1, 0.15) is 32.3 Å². The van der Waals surface area contributed by atoms with Gasteiger partial charge in [0, 0.05) is 25.1 Å². The summed E-state index contributed by atoms with van der Waals surface area (Å²) in [6.07, 6.45) is 1.02. The van der Waals surface area contributed by atoms with E-state index in [9.17, 15) is 9.18 Å². The SMILES string of the molecule is CCNC(=NCc1ccccc1F)NCCCC(=O)OCC.I. The van der Waals surface area contributed by atoms with Crippen molar-refractivity contribution in [3.63, 3.8) is 0 Å². The molecular formula is C16H25FIN3O2. The van der Waals surface area contributed by atoms with E-state index in [0.29, 0.717) is 44.1 Å². The molecule has 0 amide bonds. The summed E-state index contributed by atoms with van der Waals surface area (Å²) in [6.45, 7) is 5.72. The van der Waals surface area contributed by atoms with Gasteiger partial charge in [0.25, 0.3) is 0 Å². The van der Waals surface area contributed by atoms with Crippen LogP contribution < -0.4 is 10.6 Å². The van der Waals surface area contributed by atoms with Crippen LogP contribution in [0.5, 0.6) is 0 Å². The molecule has 0 aliphatic heterocycles. The third kappa shape index (κ3) is 9.37. The summed E-state index contributed by atoms with van der Waals surface area (Å²) in [4.78, 5) is 15.6. The largest absolute Gasteiger partial charge is 0.466 e. The number of rotatable bonds is 8. The zero-order valence-electron chi connectivity index (χ0n) is 13.6. The van der Waals surface area contributed by atoms with Gasteiger partial charge in [-0.05, 0) is 26.3 Å². The standard InChI is InChI=1S/C16H24FN3O2.HI/c1-3-18-16(19-11-7-10-15(21)22-4-2)20-12-13-8-5-6-9-14(13)17;/h5-6,8-9H,3-4,7,10-12H2,1-2H3,(H2,18,19,20);1H. The van der Waals surface area contributed by atoms with Gasteiger partial charge < -0.3 is 15.4 Å². The number of halogens is 2. The van der Waals surface area contributed by atoms with Crippen LogP contribution >= 0.6 is 24.0 Å². The quantitative estimate of drug-likeness (QED) is 0.216. The third-order valence-corrected chi connectivity index (χ3v) is 2.87. The fourth-order valence-corrected chi connectivity index (χ4v) is 1.81. The summed E-state index contributed by atoms with van der Waals surface area (Å²) in [7, 11) is 0. The van der Waals surface area contributed by atoms with Crippen LogP contribution in [0.3, 0.4) is 0 Å². The Bertz CT molecular complexity index is 498. The van der Waals surface area contributed by atoms with Gasteiger partial charge in [-0.2, -0.15) is 0 Å². The molecular weight excluding hydrogens is 412 g/mol. The highest BCUT2D eigenvalue weighted by Crippen LogP contribution is 2.07. The van der Waals surface area contributed by atoms with Gasteiger partial charge in [-0.3, -0.25) is 4.79 Å². The van der Waals surface area contributed by atoms with Crippen LogP contribution in [-0.2, 0) is 16.1 Å². The molecule has 23 heavy (non-hydrogen) atoms. The smallest absolute Gasteiger partial charge is 0.305 e. The molecule has 0 fully saturated rings. The van der Waals surface area contributed by atoms with Crippen LogP contribution in [0, 0.1) is 5.82 Å². The monoisotopic (exact) mass is 437 g/mol. The molecule has 1 aromatic carbocycles. The fraction of sp³-hybridized carbons (Fsp3) is 0.500. The summed E-state index contributed by atoms with van der Waals surface area (Å²) < 4.78 is 18.4. The van der Waals surface area contributed by atoms with E-state index in [2.05, 4.69) is 15.6 Å². The number of hydrogen-bond acceptors (Lipinski definition) is 3. The molecule has 1 rings (SSSR count). The molecule has 0 saturated heterocycles. The summed E-state index contributed by atoms with van der Waals surface area (Å²) in [5, 5.41) is 6.20. The number of guanidine groups is 1. The highest BCUT2D eigenvalue weighted by atomic mass is 127. The summed E-state index contributed by atoms with van der Waals surface area (Å²) >= 11 is 0. The lowest BCUT2D eigenvalue weighted by Gasteiger charge is -2.11. The summed E-state index contributed by atoms with van der Waals surface area (Å²) in [5.74, 6) is 0.150. The average molecular weight is 437 g/mol. The molecule has 0 aromatic heterocycles. The van der Waals surface area contributed by atoms with E-state index in [4.69, 9.17) is 4.74 Å². The summed E-state index contributed by atoms with van der Waals surface area (Å²) in [5.41, 5.74) is 0.547. The number of esters is 1. The van der Waals surface area contributed by atoms with Crippen LogP contribution in [-0.4, -0.2) is 31.6 Å². The maximum atomic E-state index is 13.5. The molecule has 130 valence electrons.